The normalized spacial score (nSPS) is 11.2. The zero-order valence-corrected chi connectivity index (χ0v) is 9.79. The number of carbonyl (C=O) groups is 1. The van der Waals surface area contributed by atoms with Crippen molar-refractivity contribution in [3.8, 4) is 0 Å². The van der Waals surface area contributed by atoms with Gasteiger partial charge in [-0.2, -0.15) is 5.06 Å². The van der Waals surface area contributed by atoms with Crippen LogP contribution in [-0.4, -0.2) is 16.8 Å². The number of hydroxylamine groups is 1. The number of hydrogen-bond donors (Lipinski definition) is 2. The minimum Gasteiger partial charge on any atom is -0.331 e. The first kappa shape index (κ1) is 13.4. The van der Waals surface area contributed by atoms with Crippen molar-refractivity contribution in [1.82, 2.24) is 5.32 Å². The molecule has 17 heavy (non-hydrogen) atoms. The fourth-order valence-electron chi connectivity index (χ4n) is 1.13. The molecule has 0 spiro atoms. The summed E-state index contributed by atoms with van der Waals surface area (Å²) in [7, 11) is 0. The molecule has 1 aromatic carbocycles. The average molecular weight is 244 g/mol. The molecule has 0 aromatic heterocycles. The van der Waals surface area contributed by atoms with E-state index in [-0.39, 0.29) is 5.06 Å². The highest BCUT2D eigenvalue weighted by Crippen LogP contribution is 2.19. The Morgan fingerprint density at radius 2 is 1.94 bits per heavy atom. The Kier molecular flexibility index (Phi) is 3.67. The number of benzene rings is 1. The molecule has 0 fully saturated rings. The van der Waals surface area contributed by atoms with E-state index in [0.29, 0.717) is 0 Å². The van der Waals surface area contributed by atoms with Gasteiger partial charge >= 0.3 is 6.03 Å². The van der Waals surface area contributed by atoms with Gasteiger partial charge in [-0.3, -0.25) is 5.21 Å². The molecular weight excluding hydrogens is 230 g/mol. The number of rotatable bonds is 1. The summed E-state index contributed by atoms with van der Waals surface area (Å²) in [4.78, 5) is 11.5. The number of urea groups is 1. The van der Waals surface area contributed by atoms with Crippen LogP contribution in [0.4, 0.5) is 19.3 Å². The van der Waals surface area contributed by atoms with Gasteiger partial charge in [0.05, 0.1) is 0 Å². The Morgan fingerprint density at radius 3 is 2.47 bits per heavy atom. The molecule has 0 unspecified atom stereocenters. The van der Waals surface area contributed by atoms with Crippen molar-refractivity contribution in [2.24, 2.45) is 0 Å². The number of anilines is 1. The third kappa shape index (κ3) is 3.67. The third-order valence-corrected chi connectivity index (χ3v) is 1.81. The maximum absolute atomic E-state index is 13.3. The molecule has 2 N–H and O–H groups in total. The maximum Gasteiger partial charge on any atom is 0.346 e. The smallest absolute Gasteiger partial charge is 0.331 e. The van der Waals surface area contributed by atoms with Gasteiger partial charge in [-0.25, -0.2) is 13.6 Å². The minimum atomic E-state index is -0.929. The van der Waals surface area contributed by atoms with Crippen molar-refractivity contribution in [3.63, 3.8) is 0 Å². The van der Waals surface area contributed by atoms with E-state index in [0.717, 1.165) is 18.2 Å². The highest BCUT2D eigenvalue weighted by Gasteiger charge is 2.22. The summed E-state index contributed by atoms with van der Waals surface area (Å²) in [5, 5.41) is 11.9. The van der Waals surface area contributed by atoms with Crippen molar-refractivity contribution in [1.29, 1.82) is 0 Å². The van der Waals surface area contributed by atoms with E-state index in [2.05, 4.69) is 5.32 Å². The number of hydrogen-bond acceptors (Lipinski definition) is 2. The standard InChI is InChI=1S/C11H14F2N2O2/c1-11(2,3)14-10(16)15(17)9-6-7(12)4-5-8(9)13/h4-6,17H,1-3H3,(H,14,16). The Hall–Kier alpha value is -1.69. The molecule has 0 saturated carbocycles. The van der Waals surface area contributed by atoms with Crippen LogP contribution in [0.5, 0.6) is 0 Å². The van der Waals surface area contributed by atoms with Crippen LogP contribution < -0.4 is 10.4 Å². The second kappa shape index (κ2) is 4.67. The van der Waals surface area contributed by atoms with Crippen molar-refractivity contribution in [3.05, 3.63) is 29.8 Å². The van der Waals surface area contributed by atoms with Crippen LogP contribution in [0.2, 0.25) is 0 Å². The van der Waals surface area contributed by atoms with E-state index in [1.807, 2.05) is 0 Å². The maximum atomic E-state index is 13.3. The first-order valence-electron chi connectivity index (χ1n) is 4.97. The largest absolute Gasteiger partial charge is 0.346 e. The van der Waals surface area contributed by atoms with E-state index in [9.17, 15) is 18.8 Å². The fourth-order valence-corrected chi connectivity index (χ4v) is 1.13. The fraction of sp³-hybridized carbons (Fsp3) is 0.364. The summed E-state index contributed by atoms with van der Waals surface area (Å²) >= 11 is 0. The van der Waals surface area contributed by atoms with E-state index in [4.69, 9.17) is 0 Å². The zero-order chi connectivity index (χ0) is 13.2. The Balaban J connectivity index is 2.92. The van der Waals surface area contributed by atoms with Gasteiger partial charge in [0, 0.05) is 11.6 Å². The molecule has 4 nitrogen and oxygen atoms in total. The van der Waals surface area contributed by atoms with Crippen molar-refractivity contribution < 1.29 is 18.8 Å². The summed E-state index contributed by atoms with van der Waals surface area (Å²) in [6, 6.07) is 1.53. The first-order chi connectivity index (χ1) is 7.70. The number of carbonyl (C=O) groups excluding carboxylic acids is 1. The molecule has 1 rings (SSSR count). The topological polar surface area (TPSA) is 52.6 Å². The molecule has 0 aliphatic carbocycles. The molecule has 94 valence electrons. The minimum absolute atomic E-state index is 0.0453. The van der Waals surface area contributed by atoms with Crippen LogP contribution >= 0.6 is 0 Å². The summed E-state index contributed by atoms with van der Waals surface area (Å²) < 4.78 is 26.1. The van der Waals surface area contributed by atoms with Crippen LogP contribution in [0.25, 0.3) is 0 Å². The summed E-state index contributed by atoms with van der Waals surface area (Å²) in [6.07, 6.45) is 0. The molecular formula is C11H14F2N2O2. The van der Waals surface area contributed by atoms with Crippen LogP contribution in [-0.2, 0) is 0 Å². The second-order valence-corrected chi connectivity index (χ2v) is 4.59. The Bertz CT molecular complexity index is 430. The lowest BCUT2D eigenvalue weighted by atomic mass is 10.1. The molecule has 0 atom stereocenters. The van der Waals surface area contributed by atoms with Crippen molar-refractivity contribution in [2.45, 2.75) is 26.3 Å². The Labute approximate surface area is 97.8 Å². The number of halogens is 2. The van der Waals surface area contributed by atoms with Crippen molar-refractivity contribution in [2.75, 3.05) is 5.06 Å². The Morgan fingerprint density at radius 1 is 1.35 bits per heavy atom. The molecule has 0 heterocycles. The zero-order valence-electron chi connectivity index (χ0n) is 9.79. The highest BCUT2D eigenvalue weighted by molar-refractivity contribution is 5.90. The molecule has 0 aliphatic rings. The molecule has 0 aliphatic heterocycles. The predicted molar refractivity (Wildman–Crippen MR) is 58.9 cm³/mol. The van der Waals surface area contributed by atoms with E-state index in [1.165, 1.54) is 0 Å². The van der Waals surface area contributed by atoms with Gasteiger partial charge in [0.25, 0.3) is 0 Å². The van der Waals surface area contributed by atoms with Gasteiger partial charge in [0.15, 0.2) is 0 Å². The van der Waals surface area contributed by atoms with Crippen molar-refractivity contribution >= 4 is 11.7 Å². The second-order valence-electron chi connectivity index (χ2n) is 4.59. The molecule has 2 amide bonds. The number of nitrogens with one attached hydrogen (secondary N) is 1. The molecule has 0 bridgehead atoms. The molecule has 0 saturated heterocycles. The van der Waals surface area contributed by atoms with Gasteiger partial charge in [0.2, 0.25) is 0 Å². The number of amides is 2. The highest BCUT2D eigenvalue weighted by atomic mass is 19.1. The lowest BCUT2D eigenvalue weighted by Crippen LogP contribution is -2.47. The van der Waals surface area contributed by atoms with Crippen LogP contribution in [0, 0.1) is 11.6 Å². The number of nitrogens with zero attached hydrogens (tertiary/aromatic N) is 1. The summed E-state index contributed by atoms with van der Waals surface area (Å²) in [5.41, 5.74) is -1.13. The molecule has 1 aromatic rings. The van der Waals surface area contributed by atoms with Crippen LogP contribution in [0.1, 0.15) is 20.8 Å². The van der Waals surface area contributed by atoms with Gasteiger partial charge in [0.1, 0.15) is 17.3 Å². The quantitative estimate of drug-likeness (QED) is 0.589. The van der Waals surface area contributed by atoms with E-state index >= 15 is 0 Å². The van der Waals surface area contributed by atoms with Gasteiger partial charge in [-0.05, 0) is 32.9 Å². The lowest BCUT2D eigenvalue weighted by molar-refractivity contribution is 0.195. The van der Waals surface area contributed by atoms with E-state index < -0.39 is 28.9 Å². The van der Waals surface area contributed by atoms with Crippen LogP contribution in [0.15, 0.2) is 18.2 Å². The predicted octanol–water partition coefficient (Wildman–Crippen LogP) is 2.67. The SMILES string of the molecule is CC(C)(C)NC(=O)N(O)c1cc(F)ccc1F. The average Bonchev–Trinajstić information content (AvgIpc) is 2.18. The molecule has 0 radical (unpaired) electrons. The van der Waals surface area contributed by atoms with Crippen LogP contribution in [0.3, 0.4) is 0 Å². The summed E-state index contributed by atoms with van der Waals surface area (Å²) in [5.74, 6) is -1.64. The van der Waals surface area contributed by atoms with Gasteiger partial charge in [-0.15, -0.1) is 0 Å². The van der Waals surface area contributed by atoms with Gasteiger partial charge < -0.3 is 5.32 Å². The van der Waals surface area contributed by atoms with E-state index in [1.54, 1.807) is 20.8 Å². The lowest BCUT2D eigenvalue weighted by Gasteiger charge is -2.24. The first-order valence-corrected chi connectivity index (χ1v) is 4.97. The third-order valence-electron chi connectivity index (χ3n) is 1.81. The van der Waals surface area contributed by atoms with Gasteiger partial charge in [-0.1, -0.05) is 0 Å². The molecule has 6 heteroatoms. The monoisotopic (exact) mass is 244 g/mol. The summed E-state index contributed by atoms with van der Waals surface area (Å²) in [6.45, 7) is 5.09.